The van der Waals surface area contributed by atoms with Crippen molar-refractivity contribution in [2.75, 3.05) is 7.11 Å². The molecule has 2 nitrogen and oxygen atoms in total. The third-order valence-corrected chi connectivity index (χ3v) is 1.50. The van der Waals surface area contributed by atoms with Crippen molar-refractivity contribution in [3.8, 4) is 5.75 Å². The summed E-state index contributed by atoms with van der Waals surface area (Å²) in [6.45, 7) is 1.88. The van der Waals surface area contributed by atoms with E-state index < -0.39 is 0 Å². The van der Waals surface area contributed by atoms with E-state index in [1.165, 1.54) is 0 Å². The second kappa shape index (κ2) is 2.60. The Morgan fingerprint density at radius 2 is 2.10 bits per heavy atom. The molecule has 53 valence electrons. The van der Waals surface area contributed by atoms with Crippen molar-refractivity contribution >= 4 is 5.69 Å². The van der Waals surface area contributed by atoms with Crippen molar-refractivity contribution in [3.63, 3.8) is 0 Å². The van der Waals surface area contributed by atoms with Crippen LogP contribution in [-0.2, 0) is 0 Å². The Kier molecular flexibility index (Phi) is 1.81. The minimum atomic E-state index is 0.527. The van der Waals surface area contributed by atoms with Crippen LogP contribution >= 0.6 is 0 Å². The predicted molar refractivity (Wildman–Crippen MR) is 40.5 cm³/mol. The van der Waals surface area contributed by atoms with Gasteiger partial charge in [0.05, 0.1) is 12.8 Å². The number of hydrogen-bond acceptors (Lipinski definition) is 1. The lowest BCUT2D eigenvalue weighted by molar-refractivity contribution is 0.412. The molecule has 0 atom stereocenters. The summed E-state index contributed by atoms with van der Waals surface area (Å²) in [5.74, 6) is 0.785. The maximum absolute atomic E-state index is 7.38. The highest BCUT2D eigenvalue weighted by molar-refractivity contribution is 5.50. The molecule has 0 bridgehead atoms. The van der Waals surface area contributed by atoms with E-state index in [1.807, 2.05) is 19.1 Å². The molecule has 0 saturated carbocycles. The lowest BCUT2D eigenvalue weighted by Gasteiger charge is -2.04. The molecule has 0 aromatic heterocycles. The summed E-state index contributed by atoms with van der Waals surface area (Å²) in [5, 5.41) is 0. The zero-order valence-corrected chi connectivity index (χ0v) is 6.14. The summed E-state index contributed by atoms with van der Waals surface area (Å²) >= 11 is 0. The number of ether oxygens (including phenoxy) is 1. The van der Waals surface area contributed by atoms with Gasteiger partial charge in [-0.05, 0) is 19.1 Å². The lowest BCUT2D eigenvalue weighted by Crippen LogP contribution is -1.87. The Balaban J connectivity index is 3.14. The van der Waals surface area contributed by atoms with E-state index >= 15 is 0 Å². The van der Waals surface area contributed by atoms with Crippen molar-refractivity contribution in [3.05, 3.63) is 23.8 Å². The molecule has 2 heteroatoms. The van der Waals surface area contributed by atoms with Crippen LogP contribution in [0.25, 0.3) is 0 Å². The van der Waals surface area contributed by atoms with Crippen molar-refractivity contribution in [1.82, 2.24) is 5.73 Å². The molecule has 0 saturated heterocycles. The van der Waals surface area contributed by atoms with E-state index in [2.05, 4.69) is 0 Å². The quantitative estimate of drug-likeness (QED) is 0.580. The molecule has 1 radical (unpaired) electrons. The van der Waals surface area contributed by atoms with Crippen LogP contribution in [0.2, 0.25) is 0 Å². The fourth-order valence-corrected chi connectivity index (χ4v) is 0.836. The van der Waals surface area contributed by atoms with Crippen LogP contribution in [0.3, 0.4) is 0 Å². The van der Waals surface area contributed by atoms with Gasteiger partial charge in [0.25, 0.3) is 0 Å². The van der Waals surface area contributed by atoms with Gasteiger partial charge in [-0.3, -0.25) is 0 Å². The Morgan fingerprint density at radius 3 is 2.60 bits per heavy atom. The van der Waals surface area contributed by atoms with E-state index in [0.717, 1.165) is 11.3 Å². The highest BCUT2D eigenvalue weighted by atomic mass is 16.5. The van der Waals surface area contributed by atoms with Gasteiger partial charge in [-0.15, -0.1) is 0 Å². The van der Waals surface area contributed by atoms with Gasteiger partial charge in [-0.1, -0.05) is 6.07 Å². The molecule has 0 amide bonds. The van der Waals surface area contributed by atoms with Gasteiger partial charge < -0.3 is 10.5 Å². The van der Waals surface area contributed by atoms with Gasteiger partial charge >= 0.3 is 0 Å². The molecule has 0 aliphatic carbocycles. The van der Waals surface area contributed by atoms with Crippen molar-refractivity contribution < 1.29 is 4.74 Å². The van der Waals surface area contributed by atoms with Gasteiger partial charge in [0, 0.05) is 5.56 Å². The summed E-state index contributed by atoms with van der Waals surface area (Å²) in [5.41, 5.74) is 8.80. The smallest absolute Gasteiger partial charge is 0.123 e. The summed E-state index contributed by atoms with van der Waals surface area (Å²) in [6, 6.07) is 5.42. The van der Waals surface area contributed by atoms with Crippen molar-refractivity contribution in [1.29, 1.82) is 0 Å². The minimum absolute atomic E-state index is 0.527. The zero-order chi connectivity index (χ0) is 7.56. The summed E-state index contributed by atoms with van der Waals surface area (Å²) in [6.07, 6.45) is 0. The average Bonchev–Trinajstić information content (AvgIpc) is 1.95. The van der Waals surface area contributed by atoms with Crippen molar-refractivity contribution in [2.45, 2.75) is 6.92 Å². The second-order valence-corrected chi connectivity index (χ2v) is 2.13. The molecule has 0 aliphatic rings. The monoisotopic (exact) mass is 136 g/mol. The van der Waals surface area contributed by atoms with Crippen LogP contribution in [0.4, 0.5) is 5.69 Å². The number of benzene rings is 1. The molecule has 1 aromatic rings. The predicted octanol–water partition coefficient (Wildman–Crippen LogP) is 1.92. The highest BCUT2D eigenvalue weighted by Crippen LogP contribution is 2.22. The molecule has 10 heavy (non-hydrogen) atoms. The van der Waals surface area contributed by atoms with Gasteiger partial charge in [0.1, 0.15) is 5.75 Å². The Labute approximate surface area is 60.6 Å². The maximum Gasteiger partial charge on any atom is 0.123 e. The molecular formula is C8H10NO. The lowest BCUT2D eigenvalue weighted by atomic mass is 10.2. The molecule has 1 rings (SSSR count). The summed E-state index contributed by atoms with van der Waals surface area (Å²) in [7, 11) is 1.61. The van der Waals surface area contributed by atoms with Crippen LogP contribution in [-0.4, -0.2) is 7.11 Å². The van der Waals surface area contributed by atoms with Gasteiger partial charge in [0.15, 0.2) is 0 Å². The molecule has 0 spiro atoms. The second-order valence-electron chi connectivity index (χ2n) is 2.13. The zero-order valence-electron chi connectivity index (χ0n) is 6.14. The Bertz CT molecular complexity index is 233. The van der Waals surface area contributed by atoms with Crippen LogP contribution < -0.4 is 10.5 Å². The molecular weight excluding hydrogens is 126 g/mol. The largest absolute Gasteiger partial charge is 0.496 e. The Hall–Kier alpha value is -1.18. The number of nitrogens with one attached hydrogen (secondary N) is 1. The van der Waals surface area contributed by atoms with E-state index in [0.29, 0.717) is 5.69 Å². The van der Waals surface area contributed by atoms with Gasteiger partial charge in [0.2, 0.25) is 0 Å². The average molecular weight is 136 g/mol. The Morgan fingerprint density at radius 1 is 1.40 bits per heavy atom. The first kappa shape index (κ1) is 6.93. The van der Waals surface area contributed by atoms with E-state index in [-0.39, 0.29) is 0 Å². The summed E-state index contributed by atoms with van der Waals surface area (Å²) in [4.78, 5) is 0. The van der Waals surface area contributed by atoms with Crippen LogP contribution in [0, 0.1) is 6.92 Å². The highest BCUT2D eigenvalue weighted by Gasteiger charge is 1.98. The normalized spacial score (nSPS) is 9.40. The number of hydrogen-bond donors (Lipinski definition) is 0. The van der Waals surface area contributed by atoms with E-state index in [1.54, 1.807) is 13.2 Å². The summed E-state index contributed by atoms with van der Waals surface area (Å²) < 4.78 is 5.01. The first-order chi connectivity index (χ1) is 4.75. The molecule has 0 heterocycles. The molecule has 0 aliphatic heterocycles. The first-order valence-corrected chi connectivity index (χ1v) is 3.11. The topological polar surface area (TPSA) is 33.0 Å². The molecule has 1 aromatic carbocycles. The molecule has 1 N–H and O–H groups in total. The van der Waals surface area contributed by atoms with Crippen LogP contribution in [0.15, 0.2) is 18.2 Å². The van der Waals surface area contributed by atoms with Crippen LogP contribution in [0.5, 0.6) is 5.75 Å². The van der Waals surface area contributed by atoms with E-state index in [4.69, 9.17) is 10.5 Å². The third-order valence-electron chi connectivity index (χ3n) is 1.50. The molecule has 0 fully saturated rings. The minimum Gasteiger partial charge on any atom is -0.496 e. The van der Waals surface area contributed by atoms with Gasteiger partial charge in [-0.2, -0.15) is 0 Å². The fourth-order valence-electron chi connectivity index (χ4n) is 0.836. The first-order valence-electron chi connectivity index (χ1n) is 3.11. The number of rotatable bonds is 1. The molecule has 0 unspecified atom stereocenters. The third kappa shape index (κ3) is 1.05. The van der Waals surface area contributed by atoms with Crippen LogP contribution in [0.1, 0.15) is 5.56 Å². The fraction of sp³-hybridized carbons (Fsp3) is 0.250. The van der Waals surface area contributed by atoms with Gasteiger partial charge in [-0.25, -0.2) is 0 Å². The van der Waals surface area contributed by atoms with E-state index in [9.17, 15) is 0 Å². The SMILES string of the molecule is COc1cccc([NH])c1C. The standard InChI is InChI=1S/C8H10NO/c1-6-7(9)4-3-5-8(6)10-2/h3-5,9H,1-2H3. The maximum atomic E-state index is 7.38. The van der Waals surface area contributed by atoms with Crippen molar-refractivity contribution in [2.24, 2.45) is 0 Å². The number of methoxy groups -OCH3 is 1.